The van der Waals surface area contributed by atoms with Crippen LogP contribution in [0.4, 0.5) is 34.1 Å². The van der Waals surface area contributed by atoms with Crippen LogP contribution in [0.5, 0.6) is 0 Å². The van der Waals surface area contributed by atoms with Crippen molar-refractivity contribution in [2.75, 3.05) is 9.80 Å². The van der Waals surface area contributed by atoms with Gasteiger partial charge in [0.2, 0.25) is 0 Å². The molecule has 398 valence electrons. The summed E-state index contributed by atoms with van der Waals surface area (Å²) in [6, 6.07) is 78.9. The normalized spacial score (nSPS) is 18.1. The Kier molecular flexibility index (Phi) is 12.3. The van der Waals surface area contributed by atoms with Gasteiger partial charge in [-0.1, -0.05) is 227 Å². The lowest BCUT2D eigenvalue weighted by Gasteiger charge is -2.35. The molecule has 0 aliphatic heterocycles. The first-order valence-corrected chi connectivity index (χ1v) is 29.6. The third kappa shape index (κ3) is 7.79. The third-order valence-electron chi connectivity index (χ3n) is 20.4. The van der Waals surface area contributed by atoms with Crippen LogP contribution in [0, 0.1) is 5.92 Å². The summed E-state index contributed by atoms with van der Waals surface area (Å²) in [7, 11) is 0. The second-order valence-electron chi connectivity index (χ2n) is 25.3. The molecule has 0 spiro atoms. The van der Waals surface area contributed by atoms with Gasteiger partial charge < -0.3 is 9.80 Å². The minimum Gasteiger partial charge on any atom is -0.310 e. The molecule has 3 unspecified atom stereocenters. The minimum absolute atomic E-state index is 0.0343. The van der Waals surface area contributed by atoms with Crippen molar-refractivity contribution in [2.24, 2.45) is 5.92 Å². The van der Waals surface area contributed by atoms with Crippen LogP contribution >= 0.6 is 0 Å². The zero-order chi connectivity index (χ0) is 55.3. The molecule has 4 aliphatic rings. The topological polar surface area (TPSA) is 6.48 Å². The van der Waals surface area contributed by atoms with Crippen molar-refractivity contribution in [1.82, 2.24) is 0 Å². The fourth-order valence-electron chi connectivity index (χ4n) is 15.3. The van der Waals surface area contributed by atoms with Gasteiger partial charge in [0, 0.05) is 61.7 Å². The van der Waals surface area contributed by atoms with E-state index in [1.807, 2.05) is 0 Å². The van der Waals surface area contributed by atoms with Gasteiger partial charge in [-0.25, -0.2) is 0 Å². The first-order valence-electron chi connectivity index (χ1n) is 29.6. The SMILES string of the molecule is CCC(C)(c1ccc(N(c2ccccc2)c2ccc3c(c2)C(C)(C)c2ccccc2-3)cc1)c1ccc2c(c1)C(C)(C)c1cc(C(CC)(CC)c3ccc(N(c4ccccc4)c4ccc5c(c4)C(C)(C)C4C=CC=CC54)cc3)ccc1-2. The number of nitrogens with zero attached hydrogens (tertiary/aromatic N) is 2. The minimum atomic E-state index is -0.197. The predicted octanol–water partition coefficient (Wildman–Crippen LogP) is 21.2. The van der Waals surface area contributed by atoms with Crippen LogP contribution in [0.15, 0.2) is 231 Å². The predicted molar refractivity (Wildman–Crippen MR) is 339 cm³/mol. The van der Waals surface area contributed by atoms with Gasteiger partial charge in [-0.2, -0.15) is 0 Å². The maximum Gasteiger partial charge on any atom is 0.0465 e. The van der Waals surface area contributed by atoms with Crippen molar-refractivity contribution < 1.29 is 0 Å². The standard InChI is InChI=1S/C78H76N2/c1-11-77(10,52-32-38-58(39-33-52)79(56-24-16-14-17-25-56)60-42-46-66-62-28-20-22-30-68(62)74(4,5)72(66)50-60)54-36-44-64-65-45-37-55(49-71(65)76(8,9)70(64)48-54)78(12-2,13-3)53-34-40-59(41-35-53)80(57-26-18-15-19-27-57)61-43-47-67-63-29-21-23-31-69(63)75(6,7)73(67)51-61/h14-51,63,69H,11-13H2,1-10H3. The monoisotopic (exact) mass is 1040 g/mol. The molecule has 0 N–H and O–H groups in total. The molecule has 0 bridgehead atoms. The Labute approximate surface area is 477 Å². The van der Waals surface area contributed by atoms with Gasteiger partial charge in [0.25, 0.3) is 0 Å². The van der Waals surface area contributed by atoms with Crippen LogP contribution < -0.4 is 9.80 Å². The van der Waals surface area contributed by atoms with Gasteiger partial charge in [0.05, 0.1) is 0 Å². The Morgan fingerprint density at radius 2 is 0.787 bits per heavy atom. The molecule has 0 saturated heterocycles. The summed E-state index contributed by atoms with van der Waals surface area (Å²) in [5.41, 5.74) is 25.8. The molecule has 0 saturated carbocycles. The molecule has 0 aromatic heterocycles. The highest BCUT2D eigenvalue weighted by molar-refractivity contribution is 5.86. The molecule has 9 aromatic rings. The van der Waals surface area contributed by atoms with E-state index in [1.54, 1.807) is 0 Å². The maximum absolute atomic E-state index is 2.58. The summed E-state index contributed by atoms with van der Waals surface area (Å²) in [6.07, 6.45) is 12.3. The Morgan fingerprint density at radius 1 is 0.362 bits per heavy atom. The molecular formula is C78H76N2. The van der Waals surface area contributed by atoms with Crippen molar-refractivity contribution in [3.05, 3.63) is 286 Å². The zero-order valence-corrected chi connectivity index (χ0v) is 48.6. The largest absolute Gasteiger partial charge is 0.310 e. The Bertz CT molecular complexity index is 3890. The maximum atomic E-state index is 2.58. The number of allylic oxidation sites excluding steroid dienone is 4. The number of fused-ring (bicyclic) bond motifs is 9. The molecule has 2 nitrogen and oxygen atoms in total. The van der Waals surface area contributed by atoms with Crippen molar-refractivity contribution in [3.8, 4) is 22.3 Å². The summed E-state index contributed by atoms with van der Waals surface area (Å²) in [5, 5.41) is 0. The van der Waals surface area contributed by atoms with Gasteiger partial charge in [-0.3, -0.25) is 0 Å². The van der Waals surface area contributed by atoms with Crippen molar-refractivity contribution in [3.63, 3.8) is 0 Å². The second kappa shape index (κ2) is 19.1. The van der Waals surface area contributed by atoms with E-state index in [1.165, 1.54) is 101 Å². The lowest BCUT2D eigenvalue weighted by atomic mass is 9.69. The number of rotatable bonds is 13. The fourth-order valence-corrected chi connectivity index (χ4v) is 15.3. The Balaban J connectivity index is 0.801. The van der Waals surface area contributed by atoms with Gasteiger partial charge in [-0.05, 0) is 181 Å². The summed E-state index contributed by atoms with van der Waals surface area (Å²) in [4.78, 5) is 4.87. The Morgan fingerprint density at radius 3 is 1.38 bits per heavy atom. The summed E-state index contributed by atoms with van der Waals surface area (Å²) >= 11 is 0. The van der Waals surface area contributed by atoms with E-state index >= 15 is 0 Å². The third-order valence-corrected chi connectivity index (χ3v) is 20.4. The van der Waals surface area contributed by atoms with Crippen LogP contribution in [0.1, 0.15) is 150 Å². The van der Waals surface area contributed by atoms with Crippen LogP contribution in [0.3, 0.4) is 0 Å². The van der Waals surface area contributed by atoms with Crippen molar-refractivity contribution in [2.45, 2.75) is 121 Å². The molecule has 3 atom stereocenters. The highest BCUT2D eigenvalue weighted by Crippen LogP contribution is 2.56. The van der Waals surface area contributed by atoms with E-state index in [2.05, 4.69) is 310 Å². The zero-order valence-electron chi connectivity index (χ0n) is 48.6. The van der Waals surface area contributed by atoms with Crippen LogP contribution in [-0.4, -0.2) is 0 Å². The molecule has 2 heteroatoms. The van der Waals surface area contributed by atoms with Crippen LogP contribution in [0.25, 0.3) is 22.3 Å². The smallest absolute Gasteiger partial charge is 0.0465 e. The summed E-state index contributed by atoms with van der Waals surface area (Å²) < 4.78 is 0. The number of para-hydroxylation sites is 2. The van der Waals surface area contributed by atoms with E-state index in [0.717, 1.165) is 30.6 Å². The Hall–Kier alpha value is -7.94. The summed E-state index contributed by atoms with van der Waals surface area (Å²) in [5.74, 6) is 0.895. The first kappa shape index (κ1) is 51.5. The molecule has 0 heterocycles. The molecular weight excluding hydrogens is 965 g/mol. The van der Waals surface area contributed by atoms with Gasteiger partial charge in [0.15, 0.2) is 0 Å². The van der Waals surface area contributed by atoms with E-state index < -0.39 is 0 Å². The van der Waals surface area contributed by atoms with Crippen LogP contribution in [-0.2, 0) is 27.1 Å². The van der Waals surface area contributed by atoms with E-state index in [9.17, 15) is 0 Å². The number of benzene rings is 9. The molecule has 9 aromatic carbocycles. The fraction of sp³-hybridized carbons (Fsp3) is 0.256. The molecule has 0 amide bonds. The number of hydrogen-bond acceptors (Lipinski definition) is 2. The quantitative estimate of drug-likeness (QED) is 0.114. The van der Waals surface area contributed by atoms with Gasteiger partial charge in [0.1, 0.15) is 0 Å². The van der Waals surface area contributed by atoms with Crippen molar-refractivity contribution >= 4 is 34.1 Å². The average Bonchev–Trinajstić information content (AvgIpc) is 4.20. The van der Waals surface area contributed by atoms with Crippen molar-refractivity contribution in [1.29, 1.82) is 0 Å². The lowest BCUT2D eigenvalue weighted by molar-refractivity contribution is 0.394. The van der Waals surface area contributed by atoms with E-state index in [-0.39, 0.29) is 27.1 Å². The lowest BCUT2D eigenvalue weighted by Crippen LogP contribution is -2.27. The first-order chi connectivity index (χ1) is 38.6. The number of anilines is 6. The highest BCUT2D eigenvalue weighted by atomic mass is 15.1. The second-order valence-corrected chi connectivity index (χ2v) is 25.3. The molecule has 13 rings (SSSR count). The van der Waals surface area contributed by atoms with Gasteiger partial charge in [-0.15, -0.1) is 0 Å². The van der Waals surface area contributed by atoms with Gasteiger partial charge >= 0.3 is 0 Å². The van der Waals surface area contributed by atoms with E-state index in [4.69, 9.17) is 0 Å². The number of hydrogen-bond donors (Lipinski definition) is 0. The molecule has 0 radical (unpaired) electrons. The molecule has 80 heavy (non-hydrogen) atoms. The molecule has 4 aliphatic carbocycles. The summed E-state index contributed by atoms with van der Waals surface area (Å²) in [6.45, 7) is 24.0. The highest BCUT2D eigenvalue weighted by Gasteiger charge is 2.45. The molecule has 0 fully saturated rings. The van der Waals surface area contributed by atoms with E-state index in [0.29, 0.717) is 11.8 Å². The average molecular weight is 1040 g/mol. The van der Waals surface area contributed by atoms with Crippen LogP contribution in [0.2, 0.25) is 0 Å².